The monoisotopic (exact) mass is 233 g/mol. The summed E-state index contributed by atoms with van der Waals surface area (Å²) in [5.41, 5.74) is 1.11. The highest BCUT2D eigenvalue weighted by molar-refractivity contribution is 5.79. The summed E-state index contributed by atoms with van der Waals surface area (Å²) in [5.74, 6) is 1.28. The zero-order valence-corrected chi connectivity index (χ0v) is 10.4. The number of carbonyl (C=O) groups is 1. The zero-order chi connectivity index (χ0) is 12.3. The van der Waals surface area contributed by atoms with Crippen molar-refractivity contribution in [3.8, 4) is 5.75 Å². The summed E-state index contributed by atoms with van der Waals surface area (Å²) < 4.78 is 5.11. The van der Waals surface area contributed by atoms with E-state index >= 15 is 0 Å². The summed E-state index contributed by atoms with van der Waals surface area (Å²) >= 11 is 0. The van der Waals surface area contributed by atoms with E-state index in [1.807, 2.05) is 31.2 Å². The third-order valence-corrected chi connectivity index (χ3v) is 3.45. The fourth-order valence-corrected chi connectivity index (χ4v) is 1.98. The van der Waals surface area contributed by atoms with E-state index in [2.05, 4.69) is 5.32 Å². The third kappa shape index (κ3) is 2.78. The molecule has 1 saturated carbocycles. The Morgan fingerprint density at radius 1 is 1.35 bits per heavy atom. The number of carbonyl (C=O) groups excluding carboxylic acids is 1. The fraction of sp³-hybridized carbons (Fsp3) is 0.500. The molecule has 0 aromatic heterocycles. The largest absolute Gasteiger partial charge is 0.497 e. The average molecular weight is 233 g/mol. The number of benzene rings is 1. The lowest BCUT2D eigenvalue weighted by atomic mass is 9.84. The van der Waals surface area contributed by atoms with Gasteiger partial charge in [-0.15, -0.1) is 0 Å². The molecule has 1 N–H and O–H groups in total. The molecule has 0 saturated heterocycles. The maximum Gasteiger partial charge on any atom is 0.223 e. The van der Waals surface area contributed by atoms with Crippen LogP contribution in [0.1, 0.15) is 37.8 Å². The van der Waals surface area contributed by atoms with Crippen LogP contribution in [0.3, 0.4) is 0 Å². The number of methoxy groups -OCH3 is 1. The Morgan fingerprint density at radius 3 is 2.47 bits per heavy atom. The molecule has 1 aromatic carbocycles. The van der Waals surface area contributed by atoms with Crippen LogP contribution in [0, 0.1) is 5.92 Å². The van der Waals surface area contributed by atoms with Crippen LogP contribution in [0.5, 0.6) is 5.75 Å². The normalized spacial score (nSPS) is 17.1. The number of hydrogen-bond donors (Lipinski definition) is 1. The Bertz CT molecular complexity index is 382. The molecule has 92 valence electrons. The van der Waals surface area contributed by atoms with Gasteiger partial charge in [0, 0.05) is 5.92 Å². The van der Waals surface area contributed by atoms with Gasteiger partial charge >= 0.3 is 0 Å². The predicted octanol–water partition coefficient (Wildman–Crippen LogP) is 2.67. The van der Waals surface area contributed by atoms with Crippen molar-refractivity contribution in [3.63, 3.8) is 0 Å². The highest BCUT2D eigenvalue weighted by Crippen LogP contribution is 2.27. The molecular formula is C14H19NO2. The summed E-state index contributed by atoms with van der Waals surface area (Å²) in [4.78, 5) is 11.8. The van der Waals surface area contributed by atoms with E-state index in [9.17, 15) is 4.79 Å². The molecule has 0 unspecified atom stereocenters. The van der Waals surface area contributed by atoms with Crippen LogP contribution in [-0.4, -0.2) is 13.0 Å². The minimum Gasteiger partial charge on any atom is -0.497 e. The Balaban J connectivity index is 1.93. The van der Waals surface area contributed by atoms with E-state index in [0.717, 1.165) is 24.2 Å². The molecule has 0 spiro atoms. The van der Waals surface area contributed by atoms with E-state index in [0.29, 0.717) is 0 Å². The molecule has 1 aliphatic rings. The molecule has 1 aromatic rings. The van der Waals surface area contributed by atoms with Gasteiger partial charge in [0.25, 0.3) is 0 Å². The van der Waals surface area contributed by atoms with Gasteiger partial charge in [-0.25, -0.2) is 0 Å². The van der Waals surface area contributed by atoms with Crippen LogP contribution in [0.15, 0.2) is 24.3 Å². The molecule has 1 amide bonds. The first-order chi connectivity index (χ1) is 8.20. The highest BCUT2D eigenvalue weighted by atomic mass is 16.5. The number of hydrogen-bond acceptors (Lipinski definition) is 2. The van der Waals surface area contributed by atoms with Gasteiger partial charge in [0.15, 0.2) is 0 Å². The Labute approximate surface area is 102 Å². The van der Waals surface area contributed by atoms with Crippen LogP contribution < -0.4 is 10.1 Å². The first-order valence-electron chi connectivity index (χ1n) is 6.15. The smallest absolute Gasteiger partial charge is 0.223 e. The van der Waals surface area contributed by atoms with Crippen molar-refractivity contribution in [1.29, 1.82) is 0 Å². The first-order valence-corrected chi connectivity index (χ1v) is 6.15. The third-order valence-electron chi connectivity index (χ3n) is 3.45. The van der Waals surface area contributed by atoms with Crippen LogP contribution in [0.2, 0.25) is 0 Å². The maximum atomic E-state index is 11.8. The summed E-state index contributed by atoms with van der Waals surface area (Å²) in [6.07, 6.45) is 3.28. The number of rotatable bonds is 4. The Hall–Kier alpha value is -1.51. The standard InChI is InChI=1S/C14H19NO2/c1-10(15-14(16)12-4-3-5-12)11-6-8-13(17-2)9-7-11/h6-10,12H,3-5H2,1-2H3,(H,15,16)/t10-/m1/s1. The van der Waals surface area contributed by atoms with Gasteiger partial charge in [-0.1, -0.05) is 18.6 Å². The number of amides is 1. The second kappa shape index (κ2) is 5.21. The maximum absolute atomic E-state index is 11.8. The first kappa shape index (κ1) is 12.0. The second-order valence-corrected chi connectivity index (χ2v) is 4.63. The van der Waals surface area contributed by atoms with E-state index in [1.165, 1.54) is 6.42 Å². The zero-order valence-electron chi connectivity index (χ0n) is 10.4. The lowest BCUT2D eigenvalue weighted by molar-refractivity contribution is -0.128. The van der Waals surface area contributed by atoms with E-state index in [4.69, 9.17) is 4.74 Å². The molecule has 0 aliphatic heterocycles. The SMILES string of the molecule is COc1ccc([C@@H](C)NC(=O)C2CCC2)cc1. The molecule has 1 fully saturated rings. The summed E-state index contributed by atoms with van der Waals surface area (Å²) in [5, 5.41) is 3.06. The Morgan fingerprint density at radius 2 is 2.00 bits per heavy atom. The van der Waals surface area contributed by atoms with Gasteiger partial charge in [-0.05, 0) is 37.5 Å². The van der Waals surface area contributed by atoms with Crippen LogP contribution in [0.4, 0.5) is 0 Å². The van der Waals surface area contributed by atoms with Gasteiger partial charge in [-0.3, -0.25) is 4.79 Å². The molecule has 3 nitrogen and oxygen atoms in total. The van der Waals surface area contributed by atoms with Crippen molar-refractivity contribution in [2.24, 2.45) is 5.92 Å². The quantitative estimate of drug-likeness (QED) is 0.868. The van der Waals surface area contributed by atoms with Gasteiger partial charge in [0.1, 0.15) is 5.75 Å². The Kier molecular flexibility index (Phi) is 3.67. The van der Waals surface area contributed by atoms with Crippen LogP contribution >= 0.6 is 0 Å². The van der Waals surface area contributed by atoms with Gasteiger partial charge in [0.05, 0.1) is 13.2 Å². The number of nitrogens with one attached hydrogen (secondary N) is 1. The van der Waals surface area contributed by atoms with Crippen LogP contribution in [0.25, 0.3) is 0 Å². The molecule has 0 bridgehead atoms. The molecule has 17 heavy (non-hydrogen) atoms. The molecule has 1 aliphatic carbocycles. The predicted molar refractivity (Wildman–Crippen MR) is 66.9 cm³/mol. The molecule has 3 heteroatoms. The molecule has 2 rings (SSSR count). The number of ether oxygens (including phenoxy) is 1. The van der Waals surface area contributed by atoms with Gasteiger partial charge in [0.2, 0.25) is 5.91 Å². The van der Waals surface area contributed by atoms with Crippen molar-refractivity contribution in [2.45, 2.75) is 32.2 Å². The van der Waals surface area contributed by atoms with Crippen molar-refractivity contribution in [1.82, 2.24) is 5.32 Å². The molecule has 0 heterocycles. The van der Waals surface area contributed by atoms with Crippen molar-refractivity contribution >= 4 is 5.91 Å². The average Bonchev–Trinajstić information content (AvgIpc) is 2.26. The van der Waals surface area contributed by atoms with Crippen molar-refractivity contribution in [2.75, 3.05) is 7.11 Å². The summed E-state index contributed by atoms with van der Waals surface area (Å²) in [6.45, 7) is 2.01. The lowest BCUT2D eigenvalue weighted by Gasteiger charge is -2.26. The van der Waals surface area contributed by atoms with E-state index < -0.39 is 0 Å². The molecule has 0 radical (unpaired) electrons. The van der Waals surface area contributed by atoms with E-state index in [1.54, 1.807) is 7.11 Å². The summed E-state index contributed by atoms with van der Waals surface area (Å²) in [6, 6.07) is 7.88. The van der Waals surface area contributed by atoms with Gasteiger partial charge < -0.3 is 10.1 Å². The minimum absolute atomic E-state index is 0.0639. The fourth-order valence-electron chi connectivity index (χ4n) is 1.98. The lowest BCUT2D eigenvalue weighted by Crippen LogP contribution is -2.35. The molecule has 1 atom stereocenters. The van der Waals surface area contributed by atoms with Gasteiger partial charge in [-0.2, -0.15) is 0 Å². The van der Waals surface area contributed by atoms with E-state index in [-0.39, 0.29) is 17.9 Å². The minimum atomic E-state index is 0.0639. The van der Waals surface area contributed by atoms with Crippen molar-refractivity contribution < 1.29 is 9.53 Å². The van der Waals surface area contributed by atoms with Crippen LogP contribution in [-0.2, 0) is 4.79 Å². The topological polar surface area (TPSA) is 38.3 Å². The highest BCUT2D eigenvalue weighted by Gasteiger charge is 2.26. The summed E-state index contributed by atoms with van der Waals surface area (Å²) in [7, 11) is 1.65. The molecular weight excluding hydrogens is 214 g/mol. The van der Waals surface area contributed by atoms with Crippen molar-refractivity contribution in [3.05, 3.63) is 29.8 Å². The second-order valence-electron chi connectivity index (χ2n) is 4.63.